The van der Waals surface area contributed by atoms with Gasteiger partial charge in [0, 0.05) is 0 Å². The molecule has 0 saturated heterocycles. The van der Waals surface area contributed by atoms with Crippen LogP contribution in [0.5, 0.6) is 0 Å². The molecule has 0 aliphatic carbocycles. The second kappa shape index (κ2) is 6.08. The topological polar surface area (TPSA) is 70.7 Å². The number of benzene rings is 1. The summed E-state index contributed by atoms with van der Waals surface area (Å²) in [4.78, 5) is 15.9. The van der Waals surface area contributed by atoms with Gasteiger partial charge < -0.3 is 5.32 Å². The summed E-state index contributed by atoms with van der Waals surface area (Å²) in [7, 11) is 0. The highest BCUT2D eigenvalue weighted by molar-refractivity contribution is 7.99. The first kappa shape index (κ1) is 13.9. The van der Waals surface area contributed by atoms with Gasteiger partial charge >= 0.3 is 0 Å². The number of aromatic nitrogens is 3. The minimum absolute atomic E-state index is 0.141. The van der Waals surface area contributed by atoms with Crippen molar-refractivity contribution in [2.45, 2.75) is 19.0 Å². The van der Waals surface area contributed by atoms with E-state index in [1.54, 1.807) is 6.07 Å². The molecule has 19 heavy (non-hydrogen) atoms. The van der Waals surface area contributed by atoms with Crippen molar-refractivity contribution < 1.29 is 4.79 Å². The number of nitrogens with zero attached hydrogens (tertiary/aromatic N) is 2. The SMILES string of the molecule is Cc1ccc(NC(=O)CSc2n[nH]c(C)n2)c(Cl)c1. The quantitative estimate of drug-likeness (QED) is 0.851. The van der Waals surface area contributed by atoms with E-state index in [1.165, 1.54) is 11.8 Å². The Hall–Kier alpha value is -1.53. The van der Waals surface area contributed by atoms with Crippen molar-refractivity contribution in [3.63, 3.8) is 0 Å². The van der Waals surface area contributed by atoms with Crippen LogP contribution in [0.1, 0.15) is 11.4 Å². The Kier molecular flexibility index (Phi) is 4.44. The van der Waals surface area contributed by atoms with Gasteiger partial charge in [0.25, 0.3) is 0 Å². The smallest absolute Gasteiger partial charge is 0.234 e. The normalized spacial score (nSPS) is 10.5. The minimum atomic E-state index is -0.141. The molecule has 1 aromatic carbocycles. The van der Waals surface area contributed by atoms with E-state index in [1.807, 2.05) is 26.0 Å². The van der Waals surface area contributed by atoms with Crippen molar-refractivity contribution >= 4 is 35.0 Å². The molecule has 2 rings (SSSR count). The van der Waals surface area contributed by atoms with Gasteiger partial charge in [-0.3, -0.25) is 9.89 Å². The van der Waals surface area contributed by atoms with E-state index in [-0.39, 0.29) is 11.7 Å². The number of carbonyl (C=O) groups is 1. The fraction of sp³-hybridized carbons (Fsp3) is 0.250. The predicted molar refractivity (Wildman–Crippen MR) is 76.7 cm³/mol. The molecule has 0 bridgehead atoms. The van der Waals surface area contributed by atoms with Crippen LogP contribution in [0.25, 0.3) is 0 Å². The van der Waals surface area contributed by atoms with Gasteiger partial charge in [-0.25, -0.2) is 4.98 Å². The van der Waals surface area contributed by atoms with Crippen LogP contribution in [0, 0.1) is 13.8 Å². The lowest BCUT2D eigenvalue weighted by atomic mass is 10.2. The first-order valence-electron chi connectivity index (χ1n) is 5.62. The lowest BCUT2D eigenvalue weighted by Crippen LogP contribution is -2.14. The molecule has 0 radical (unpaired) electrons. The fourth-order valence-corrected chi connectivity index (χ4v) is 2.35. The van der Waals surface area contributed by atoms with Crippen LogP contribution >= 0.6 is 23.4 Å². The highest BCUT2D eigenvalue weighted by Crippen LogP contribution is 2.23. The summed E-state index contributed by atoms with van der Waals surface area (Å²) in [6.45, 7) is 3.75. The van der Waals surface area contributed by atoms with Gasteiger partial charge in [-0.2, -0.15) is 0 Å². The second-order valence-corrected chi connectivity index (χ2v) is 5.37. The summed E-state index contributed by atoms with van der Waals surface area (Å²) < 4.78 is 0. The summed E-state index contributed by atoms with van der Waals surface area (Å²) >= 11 is 7.31. The molecule has 0 spiro atoms. The third-order valence-electron chi connectivity index (χ3n) is 2.31. The van der Waals surface area contributed by atoms with E-state index in [0.717, 1.165) is 11.4 Å². The number of aryl methyl sites for hydroxylation is 2. The van der Waals surface area contributed by atoms with E-state index in [9.17, 15) is 4.79 Å². The minimum Gasteiger partial charge on any atom is -0.324 e. The molecule has 1 heterocycles. The molecule has 0 atom stereocenters. The zero-order valence-corrected chi connectivity index (χ0v) is 12.1. The number of thioether (sulfide) groups is 1. The van der Waals surface area contributed by atoms with Crippen LogP contribution in [-0.2, 0) is 4.79 Å². The van der Waals surface area contributed by atoms with Crippen molar-refractivity contribution in [1.82, 2.24) is 15.2 Å². The van der Waals surface area contributed by atoms with Crippen LogP contribution < -0.4 is 5.32 Å². The molecule has 0 unspecified atom stereocenters. The van der Waals surface area contributed by atoms with Crippen LogP contribution in [0.4, 0.5) is 5.69 Å². The Morgan fingerprint density at radius 3 is 2.89 bits per heavy atom. The fourth-order valence-electron chi connectivity index (χ4n) is 1.42. The molecule has 7 heteroatoms. The van der Waals surface area contributed by atoms with Crippen molar-refractivity contribution in [3.8, 4) is 0 Å². The lowest BCUT2D eigenvalue weighted by molar-refractivity contribution is -0.113. The number of rotatable bonds is 4. The average Bonchev–Trinajstić information content (AvgIpc) is 2.76. The Balaban J connectivity index is 1.90. The number of anilines is 1. The number of amides is 1. The Morgan fingerprint density at radius 1 is 1.47 bits per heavy atom. The summed E-state index contributed by atoms with van der Waals surface area (Å²) in [5, 5.41) is 10.5. The maximum Gasteiger partial charge on any atom is 0.234 e. The molecule has 1 amide bonds. The van der Waals surface area contributed by atoms with Crippen molar-refractivity contribution in [1.29, 1.82) is 0 Å². The molecule has 0 aliphatic rings. The molecule has 2 N–H and O–H groups in total. The van der Waals surface area contributed by atoms with Gasteiger partial charge in [-0.15, -0.1) is 5.10 Å². The molecule has 1 aromatic heterocycles. The number of hydrogen-bond donors (Lipinski definition) is 2. The maximum atomic E-state index is 11.8. The number of nitrogens with one attached hydrogen (secondary N) is 2. The monoisotopic (exact) mass is 296 g/mol. The Bertz CT molecular complexity index is 599. The highest BCUT2D eigenvalue weighted by atomic mass is 35.5. The summed E-state index contributed by atoms with van der Waals surface area (Å²) in [5.74, 6) is 0.823. The molecule has 2 aromatic rings. The number of aromatic amines is 1. The van der Waals surface area contributed by atoms with E-state index in [4.69, 9.17) is 11.6 Å². The van der Waals surface area contributed by atoms with Gasteiger partial charge in [-0.1, -0.05) is 29.4 Å². The highest BCUT2D eigenvalue weighted by Gasteiger charge is 2.08. The second-order valence-electron chi connectivity index (χ2n) is 4.02. The standard InChI is InChI=1S/C12H13ClN4OS/c1-7-3-4-10(9(13)5-7)15-11(18)6-19-12-14-8(2)16-17-12/h3-5H,6H2,1-2H3,(H,15,18)(H,14,16,17). The summed E-state index contributed by atoms with van der Waals surface area (Å²) in [6, 6.07) is 5.49. The van der Waals surface area contributed by atoms with Gasteiger partial charge in [0.1, 0.15) is 5.82 Å². The van der Waals surface area contributed by atoms with Crippen LogP contribution in [-0.4, -0.2) is 26.8 Å². The number of H-pyrrole nitrogens is 1. The van der Waals surface area contributed by atoms with Crippen LogP contribution in [0.3, 0.4) is 0 Å². The first-order valence-corrected chi connectivity index (χ1v) is 6.99. The largest absolute Gasteiger partial charge is 0.324 e. The summed E-state index contributed by atoms with van der Waals surface area (Å²) in [5.41, 5.74) is 1.66. The zero-order chi connectivity index (χ0) is 13.8. The molecule has 0 saturated carbocycles. The number of halogens is 1. The molecule has 0 fully saturated rings. The zero-order valence-electron chi connectivity index (χ0n) is 10.5. The number of hydrogen-bond acceptors (Lipinski definition) is 4. The van der Waals surface area contributed by atoms with E-state index >= 15 is 0 Å². The van der Waals surface area contributed by atoms with E-state index in [2.05, 4.69) is 20.5 Å². The predicted octanol–water partition coefficient (Wildman–Crippen LogP) is 2.81. The van der Waals surface area contributed by atoms with Crippen LogP contribution in [0.15, 0.2) is 23.4 Å². The van der Waals surface area contributed by atoms with E-state index in [0.29, 0.717) is 15.9 Å². The van der Waals surface area contributed by atoms with Gasteiger partial charge in [0.15, 0.2) is 0 Å². The van der Waals surface area contributed by atoms with Crippen molar-refractivity contribution in [2.75, 3.05) is 11.1 Å². The maximum absolute atomic E-state index is 11.8. The molecular weight excluding hydrogens is 284 g/mol. The molecular formula is C12H13ClN4OS. The molecule has 0 aliphatic heterocycles. The first-order chi connectivity index (χ1) is 9.04. The Morgan fingerprint density at radius 2 is 2.26 bits per heavy atom. The summed E-state index contributed by atoms with van der Waals surface area (Å²) in [6.07, 6.45) is 0. The van der Waals surface area contributed by atoms with Gasteiger partial charge in [-0.05, 0) is 31.5 Å². The van der Waals surface area contributed by atoms with E-state index < -0.39 is 0 Å². The average molecular weight is 297 g/mol. The molecule has 5 nitrogen and oxygen atoms in total. The van der Waals surface area contributed by atoms with Crippen LogP contribution in [0.2, 0.25) is 5.02 Å². The lowest BCUT2D eigenvalue weighted by Gasteiger charge is -2.06. The van der Waals surface area contributed by atoms with Crippen molar-refractivity contribution in [3.05, 3.63) is 34.6 Å². The number of carbonyl (C=O) groups excluding carboxylic acids is 1. The van der Waals surface area contributed by atoms with Gasteiger partial charge in [0.05, 0.1) is 16.5 Å². The van der Waals surface area contributed by atoms with Crippen molar-refractivity contribution in [2.24, 2.45) is 0 Å². The Labute approximate surface area is 120 Å². The third kappa shape index (κ3) is 3.97. The third-order valence-corrected chi connectivity index (χ3v) is 3.47. The molecule has 100 valence electrons. The van der Waals surface area contributed by atoms with Gasteiger partial charge in [0.2, 0.25) is 11.1 Å².